The van der Waals surface area contributed by atoms with Gasteiger partial charge in [0.25, 0.3) is 0 Å². The number of nitrogens with zero attached hydrogens (tertiary/aromatic N) is 1. The molecule has 2 rings (SSSR count). The van der Waals surface area contributed by atoms with Crippen LogP contribution in [0.5, 0.6) is 0 Å². The molecule has 1 unspecified atom stereocenters. The minimum absolute atomic E-state index is 0.0186. The zero-order valence-electron chi connectivity index (χ0n) is 14.3. The minimum atomic E-state index is -0.928. The number of likely N-dealkylation sites (tertiary alicyclic amines) is 1. The van der Waals surface area contributed by atoms with Gasteiger partial charge in [0.1, 0.15) is 5.60 Å². The highest BCUT2D eigenvalue weighted by atomic mass is 79.9. The monoisotopic (exact) mass is 397 g/mol. The molecule has 0 radical (unpaired) electrons. The maximum atomic E-state index is 12.7. The van der Waals surface area contributed by atoms with Gasteiger partial charge in [-0.15, -0.1) is 0 Å². The molecule has 1 fully saturated rings. The molecular weight excluding hydrogens is 374 g/mol. The molecule has 5 nitrogen and oxygen atoms in total. The molecule has 1 aliphatic heterocycles. The van der Waals surface area contributed by atoms with E-state index in [1.165, 1.54) is 4.90 Å². The van der Waals surface area contributed by atoms with Crippen LogP contribution in [0.15, 0.2) is 28.7 Å². The van der Waals surface area contributed by atoms with Gasteiger partial charge in [0.15, 0.2) is 0 Å². The maximum Gasteiger partial charge on any atom is 0.407 e. The molecule has 2 atom stereocenters. The number of hydrogen-bond donors (Lipinski definition) is 1. The van der Waals surface area contributed by atoms with Gasteiger partial charge in [-0.1, -0.05) is 28.1 Å². The Morgan fingerprint density at radius 3 is 2.67 bits per heavy atom. The highest BCUT2D eigenvalue weighted by Gasteiger charge is 2.37. The molecule has 0 aromatic heterocycles. The van der Waals surface area contributed by atoms with Crippen molar-refractivity contribution in [2.24, 2.45) is 11.8 Å². The second-order valence-electron chi connectivity index (χ2n) is 7.25. The third-order valence-electron chi connectivity index (χ3n) is 4.12. The summed E-state index contributed by atoms with van der Waals surface area (Å²) in [6.45, 7) is 6.39. The van der Waals surface area contributed by atoms with E-state index < -0.39 is 11.7 Å². The van der Waals surface area contributed by atoms with Gasteiger partial charge in [-0.25, -0.2) is 4.79 Å². The molecule has 0 saturated carbocycles. The molecule has 1 saturated heterocycles. The summed E-state index contributed by atoms with van der Waals surface area (Å²) >= 11 is 3.45. The Labute approximate surface area is 151 Å². The number of carbonyl (C=O) groups is 2. The van der Waals surface area contributed by atoms with Gasteiger partial charge in [-0.2, -0.15) is 0 Å². The smallest absolute Gasteiger partial charge is 0.407 e. The van der Waals surface area contributed by atoms with Crippen LogP contribution in [0.25, 0.3) is 0 Å². The van der Waals surface area contributed by atoms with Crippen molar-refractivity contribution in [2.45, 2.75) is 39.2 Å². The number of benzene rings is 1. The first-order valence-corrected chi connectivity index (χ1v) is 8.90. The molecule has 132 valence electrons. The molecule has 1 N–H and O–H groups in total. The van der Waals surface area contributed by atoms with Crippen molar-refractivity contribution >= 4 is 28.0 Å². The number of amides is 1. The summed E-state index contributed by atoms with van der Waals surface area (Å²) in [5.41, 5.74) is 0.478. The number of halogens is 1. The Kier molecular flexibility index (Phi) is 5.91. The normalized spacial score (nSPS) is 19.2. The minimum Gasteiger partial charge on any atom is -0.465 e. The van der Waals surface area contributed by atoms with Crippen LogP contribution in [0.4, 0.5) is 4.79 Å². The Morgan fingerprint density at radius 1 is 1.42 bits per heavy atom. The Hall–Kier alpha value is -1.56. The molecule has 24 heavy (non-hydrogen) atoms. The van der Waals surface area contributed by atoms with Crippen molar-refractivity contribution in [1.29, 1.82) is 0 Å². The summed E-state index contributed by atoms with van der Waals surface area (Å²) in [5.74, 6) is -0.613. The first kappa shape index (κ1) is 18.8. The molecule has 0 spiro atoms. The molecule has 1 aromatic carbocycles. The molecule has 1 aromatic rings. The van der Waals surface area contributed by atoms with E-state index in [9.17, 15) is 9.59 Å². The summed E-state index contributed by atoms with van der Waals surface area (Å²) in [7, 11) is 0. The van der Waals surface area contributed by atoms with Crippen LogP contribution in [0, 0.1) is 11.8 Å². The van der Waals surface area contributed by atoms with Crippen LogP contribution < -0.4 is 0 Å². The van der Waals surface area contributed by atoms with Gasteiger partial charge >= 0.3 is 12.1 Å². The van der Waals surface area contributed by atoms with Crippen molar-refractivity contribution in [1.82, 2.24) is 4.90 Å². The molecule has 1 amide bonds. The highest BCUT2D eigenvalue weighted by molar-refractivity contribution is 9.10. The quantitative estimate of drug-likeness (QED) is 0.780. The van der Waals surface area contributed by atoms with Crippen molar-refractivity contribution < 1.29 is 19.4 Å². The number of carbonyl (C=O) groups excluding carboxylic acids is 1. The van der Waals surface area contributed by atoms with E-state index in [0.717, 1.165) is 10.0 Å². The van der Waals surface area contributed by atoms with Crippen LogP contribution in [0.2, 0.25) is 0 Å². The van der Waals surface area contributed by atoms with Crippen LogP contribution in [0.1, 0.15) is 32.8 Å². The van der Waals surface area contributed by atoms with Crippen molar-refractivity contribution in [2.75, 3.05) is 13.1 Å². The lowest BCUT2D eigenvalue weighted by Gasteiger charge is -2.27. The Balaban J connectivity index is 2.18. The average molecular weight is 398 g/mol. The molecule has 1 heterocycles. The molecule has 6 heteroatoms. The Bertz CT molecular complexity index is 611. The maximum absolute atomic E-state index is 12.7. The van der Waals surface area contributed by atoms with E-state index >= 15 is 0 Å². The topological polar surface area (TPSA) is 66.8 Å². The summed E-state index contributed by atoms with van der Waals surface area (Å²) in [5, 5.41) is 9.17. The van der Waals surface area contributed by atoms with Crippen LogP contribution in [0.3, 0.4) is 0 Å². The number of rotatable bonds is 4. The zero-order valence-corrected chi connectivity index (χ0v) is 15.9. The third kappa shape index (κ3) is 5.23. The van der Waals surface area contributed by atoms with E-state index in [1.54, 1.807) is 0 Å². The second-order valence-corrected chi connectivity index (χ2v) is 8.17. The van der Waals surface area contributed by atoms with Gasteiger partial charge in [0.2, 0.25) is 0 Å². The zero-order chi connectivity index (χ0) is 17.9. The fraction of sp³-hybridized carbons (Fsp3) is 0.556. The standard InChI is InChI=1S/C18H24BrNO4/c1-18(2,3)24-16(21)15(10-12-5-4-6-14(19)9-12)13-7-8-20(11-13)17(22)23/h4-6,9,13,15H,7-8,10-11H2,1-3H3,(H,22,23)/t13-,15?/m0/s1. The van der Waals surface area contributed by atoms with Crippen LogP contribution in [-0.4, -0.2) is 40.8 Å². The number of ether oxygens (including phenoxy) is 1. The van der Waals surface area contributed by atoms with Gasteiger partial charge in [0.05, 0.1) is 5.92 Å². The molecule has 0 bridgehead atoms. The van der Waals surface area contributed by atoms with Gasteiger partial charge in [-0.05, 0) is 57.2 Å². The van der Waals surface area contributed by atoms with Crippen LogP contribution in [-0.2, 0) is 16.0 Å². The lowest BCUT2D eigenvalue weighted by atomic mass is 9.86. The molecular formula is C18H24BrNO4. The largest absolute Gasteiger partial charge is 0.465 e. The lowest BCUT2D eigenvalue weighted by Crippen LogP contribution is -2.35. The van der Waals surface area contributed by atoms with E-state index in [1.807, 2.05) is 45.0 Å². The van der Waals surface area contributed by atoms with E-state index in [0.29, 0.717) is 25.9 Å². The van der Waals surface area contributed by atoms with Crippen molar-refractivity contribution in [3.8, 4) is 0 Å². The van der Waals surface area contributed by atoms with E-state index in [-0.39, 0.29) is 17.8 Å². The highest BCUT2D eigenvalue weighted by Crippen LogP contribution is 2.30. The fourth-order valence-electron chi connectivity index (χ4n) is 3.03. The van der Waals surface area contributed by atoms with Crippen molar-refractivity contribution in [3.63, 3.8) is 0 Å². The van der Waals surface area contributed by atoms with Gasteiger partial charge in [-0.3, -0.25) is 4.79 Å². The lowest BCUT2D eigenvalue weighted by molar-refractivity contribution is -0.161. The summed E-state index contributed by atoms with van der Waals surface area (Å²) in [6.07, 6.45) is 0.305. The van der Waals surface area contributed by atoms with Gasteiger partial charge in [0, 0.05) is 17.6 Å². The van der Waals surface area contributed by atoms with Gasteiger partial charge < -0.3 is 14.7 Å². The number of esters is 1. The SMILES string of the molecule is CC(C)(C)OC(=O)C(Cc1cccc(Br)c1)[C@H]1CCN(C(=O)O)C1. The fourth-order valence-corrected chi connectivity index (χ4v) is 3.47. The molecule has 1 aliphatic rings. The average Bonchev–Trinajstić information content (AvgIpc) is 2.92. The van der Waals surface area contributed by atoms with Crippen LogP contribution >= 0.6 is 15.9 Å². The van der Waals surface area contributed by atoms with E-state index in [2.05, 4.69) is 15.9 Å². The number of carboxylic acid groups (broad SMARTS) is 1. The summed E-state index contributed by atoms with van der Waals surface area (Å²) < 4.78 is 6.55. The Morgan fingerprint density at radius 2 is 2.12 bits per heavy atom. The summed E-state index contributed by atoms with van der Waals surface area (Å²) in [6, 6.07) is 7.84. The summed E-state index contributed by atoms with van der Waals surface area (Å²) in [4.78, 5) is 25.3. The van der Waals surface area contributed by atoms with E-state index in [4.69, 9.17) is 9.84 Å². The predicted molar refractivity (Wildman–Crippen MR) is 94.9 cm³/mol. The molecule has 0 aliphatic carbocycles. The third-order valence-corrected chi connectivity index (χ3v) is 4.61. The second kappa shape index (κ2) is 7.55. The first-order valence-electron chi connectivity index (χ1n) is 8.11. The first-order chi connectivity index (χ1) is 11.2. The number of hydrogen-bond acceptors (Lipinski definition) is 3. The van der Waals surface area contributed by atoms with Crippen molar-refractivity contribution in [3.05, 3.63) is 34.3 Å². The predicted octanol–water partition coefficient (Wildman–Crippen LogP) is 3.95.